The number of hydrogen-bond acceptors (Lipinski definition) is 2. The number of hydrogen-bond donors (Lipinski definition) is 1. The molecule has 9 heteroatoms. The van der Waals surface area contributed by atoms with Crippen LogP contribution in [0.5, 0.6) is 0 Å². The summed E-state index contributed by atoms with van der Waals surface area (Å²) in [5.41, 5.74) is 0.953. The predicted octanol–water partition coefficient (Wildman–Crippen LogP) is 5.22. The van der Waals surface area contributed by atoms with E-state index >= 15 is 0 Å². The van der Waals surface area contributed by atoms with E-state index in [1.54, 1.807) is 18.7 Å². The second-order valence-corrected chi connectivity index (χ2v) is 10.0. The van der Waals surface area contributed by atoms with Gasteiger partial charge in [0, 0.05) is 24.5 Å². The molecule has 1 heterocycles. The molecule has 1 aliphatic rings. The van der Waals surface area contributed by atoms with Gasteiger partial charge in [-0.2, -0.15) is 13.2 Å². The molecule has 0 spiro atoms. The maximum Gasteiger partial charge on any atom is 0.392 e. The summed E-state index contributed by atoms with van der Waals surface area (Å²) in [4.78, 5) is 27.1. The van der Waals surface area contributed by atoms with E-state index in [9.17, 15) is 22.8 Å². The number of benzene rings is 1. The Balaban J connectivity index is 0.00000512. The van der Waals surface area contributed by atoms with Crippen molar-refractivity contribution in [2.24, 2.45) is 17.3 Å². The fourth-order valence-corrected chi connectivity index (χ4v) is 4.32. The molecule has 3 N–H and O–H groups in total. The molecule has 0 aromatic heterocycles. The molecule has 0 bridgehead atoms. The van der Waals surface area contributed by atoms with E-state index in [4.69, 9.17) is 11.6 Å². The molecule has 0 saturated carbocycles. The number of alkyl halides is 3. The SMILES string of the molecule is C.CC(C)[C@@H](NC(=O)CC(C)C(F)(F)F)C(=O)N1CC[C@H](c2ccc(Cl)cc2)C(C)(C)C1.O. The number of piperidine rings is 1. The summed E-state index contributed by atoms with van der Waals surface area (Å²) in [5, 5.41) is 3.22. The van der Waals surface area contributed by atoms with Gasteiger partial charge in [-0.3, -0.25) is 9.59 Å². The number of halogens is 4. The summed E-state index contributed by atoms with van der Waals surface area (Å²) in [6.45, 7) is 9.74. The number of nitrogens with one attached hydrogen (secondary N) is 1. The van der Waals surface area contributed by atoms with Crippen LogP contribution in [0.2, 0.25) is 5.02 Å². The number of likely N-dealkylation sites (tertiary alicyclic amines) is 1. The molecule has 2 rings (SSSR count). The maximum absolute atomic E-state index is 13.2. The zero-order valence-electron chi connectivity index (χ0n) is 19.2. The van der Waals surface area contributed by atoms with Gasteiger partial charge in [-0.15, -0.1) is 0 Å². The van der Waals surface area contributed by atoms with Gasteiger partial charge in [0.2, 0.25) is 11.8 Å². The molecule has 1 fully saturated rings. The van der Waals surface area contributed by atoms with Crippen molar-refractivity contribution in [1.29, 1.82) is 0 Å². The molecular formula is C24H38ClF3N2O3. The van der Waals surface area contributed by atoms with Gasteiger partial charge in [0.25, 0.3) is 0 Å². The molecule has 0 radical (unpaired) electrons. The van der Waals surface area contributed by atoms with Crippen molar-refractivity contribution in [3.63, 3.8) is 0 Å². The van der Waals surface area contributed by atoms with Crippen molar-refractivity contribution < 1.29 is 28.2 Å². The van der Waals surface area contributed by atoms with Gasteiger partial charge in [-0.25, -0.2) is 0 Å². The first kappa shape index (κ1) is 31.2. The highest BCUT2D eigenvalue weighted by Gasteiger charge is 2.41. The molecule has 5 nitrogen and oxygen atoms in total. The van der Waals surface area contributed by atoms with Crippen LogP contribution in [0.25, 0.3) is 0 Å². The van der Waals surface area contributed by atoms with Gasteiger partial charge >= 0.3 is 6.18 Å². The fourth-order valence-electron chi connectivity index (χ4n) is 4.19. The quantitative estimate of drug-likeness (QED) is 0.588. The zero-order chi connectivity index (χ0) is 23.6. The molecule has 0 aliphatic carbocycles. The lowest BCUT2D eigenvalue weighted by atomic mass is 9.70. The van der Waals surface area contributed by atoms with Gasteiger partial charge in [-0.05, 0) is 41.4 Å². The predicted molar refractivity (Wildman–Crippen MR) is 126 cm³/mol. The minimum atomic E-state index is -4.44. The Morgan fingerprint density at radius 1 is 1.18 bits per heavy atom. The Labute approximate surface area is 200 Å². The lowest BCUT2D eigenvalue weighted by Crippen LogP contribution is -2.56. The highest BCUT2D eigenvalue weighted by molar-refractivity contribution is 6.30. The van der Waals surface area contributed by atoms with Crippen LogP contribution in [-0.4, -0.2) is 47.5 Å². The van der Waals surface area contributed by atoms with E-state index in [1.807, 2.05) is 24.3 Å². The first-order valence-corrected chi connectivity index (χ1v) is 11.0. The third-order valence-corrected chi connectivity index (χ3v) is 6.36. The van der Waals surface area contributed by atoms with Crippen LogP contribution in [-0.2, 0) is 9.59 Å². The van der Waals surface area contributed by atoms with E-state index in [1.165, 1.54) is 0 Å². The molecule has 1 aliphatic heterocycles. The van der Waals surface area contributed by atoms with Crippen molar-refractivity contribution in [3.05, 3.63) is 34.9 Å². The minimum absolute atomic E-state index is 0. The normalized spacial score (nSPS) is 19.7. The maximum atomic E-state index is 13.2. The van der Waals surface area contributed by atoms with Gasteiger partial charge in [0.05, 0.1) is 5.92 Å². The van der Waals surface area contributed by atoms with Crippen LogP contribution < -0.4 is 5.32 Å². The Bertz CT molecular complexity index is 782. The van der Waals surface area contributed by atoms with Gasteiger partial charge < -0.3 is 15.7 Å². The third-order valence-electron chi connectivity index (χ3n) is 6.11. The summed E-state index contributed by atoms with van der Waals surface area (Å²) in [5.74, 6) is -2.76. The summed E-state index contributed by atoms with van der Waals surface area (Å²) >= 11 is 6.00. The Morgan fingerprint density at radius 3 is 2.18 bits per heavy atom. The van der Waals surface area contributed by atoms with Crippen molar-refractivity contribution in [3.8, 4) is 0 Å². The van der Waals surface area contributed by atoms with E-state index in [-0.39, 0.29) is 36.1 Å². The largest absolute Gasteiger partial charge is 0.412 e. The molecule has 190 valence electrons. The number of nitrogens with zero attached hydrogens (tertiary/aromatic N) is 1. The number of amides is 2. The van der Waals surface area contributed by atoms with Crippen molar-refractivity contribution in [1.82, 2.24) is 10.2 Å². The van der Waals surface area contributed by atoms with Crippen LogP contribution in [0.15, 0.2) is 24.3 Å². The molecule has 1 aromatic carbocycles. The first-order chi connectivity index (χ1) is 14.2. The highest BCUT2D eigenvalue weighted by atomic mass is 35.5. The molecular weight excluding hydrogens is 457 g/mol. The van der Waals surface area contributed by atoms with E-state index in [0.29, 0.717) is 18.1 Å². The molecule has 2 amide bonds. The second kappa shape index (κ2) is 12.1. The van der Waals surface area contributed by atoms with Crippen LogP contribution in [0.1, 0.15) is 66.4 Å². The molecule has 1 aromatic rings. The lowest BCUT2D eigenvalue weighted by molar-refractivity contribution is -0.174. The van der Waals surface area contributed by atoms with Gasteiger partial charge in [-0.1, -0.05) is 65.8 Å². The van der Waals surface area contributed by atoms with Crippen LogP contribution in [0.4, 0.5) is 13.2 Å². The smallest absolute Gasteiger partial charge is 0.392 e. The Morgan fingerprint density at radius 2 is 1.73 bits per heavy atom. The van der Waals surface area contributed by atoms with Crippen molar-refractivity contribution in [2.75, 3.05) is 13.1 Å². The Hall–Kier alpha value is -1.80. The monoisotopic (exact) mass is 494 g/mol. The average molecular weight is 495 g/mol. The summed E-state index contributed by atoms with van der Waals surface area (Å²) in [7, 11) is 0. The summed E-state index contributed by atoms with van der Waals surface area (Å²) in [6.07, 6.45) is -4.38. The first-order valence-electron chi connectivity index (χ1n) is 10.6. The van der Waals surface area contributed by atoms with E-state index in [0.717, 1.165) is 18.9 Å². The second-order valence-electron chi connectivity index (χ2n) is 9.58. The van der Waals surface area contributed by atoms with Crippen molar-refractivity contribution in [2.45, 2.75) is 73.0 Å². The van der Waals surface area contributed by atoms with Crippen LogP contribution >= 0.6 is 11.6 Å². The van der Waals surface area contributed by atoms with Crippen molar-refractivity contribution >= 4 is 23.4 Å². The molecule has 3 atom stereocenters. The minimum Gasteiger partial charge on any atom is -0.412 e. The Kier molecular flexibility index (Phi) is 11.4. The van der Waals surface area contributed by atoms with Gasteiger partial charge in [0.15, 0.2) is 0 Å². The molecule has 33 heavy (non-hydrogen) atoms. The summed E-state index contributed by atoms with van der Waals surface area (Å²) < 4.78 is 38.3. The molecule has 1 saturated heterocycles. The number of carbonyl (C=O) groups is 2. The zero-order valence-corrected chi connectivity index (χ0v) is 20.0. The summed E-state index contributed by atoms with van der Waals surface area (Å²) in [6, 6.07) is 6.88. The highest BCUT2D eigenvalue weighted by Crippen LogP contribution is 2.42. The molecule has 1 unspecified atom stereocenters. The van der Waals surface area contributed by atoms with Gasteiger partial charge in [0.1, 0.15) is 6.04 Å². The standard InChI is InChI=1S/C23H32ClF3N2O2.CH4.H2O/c1-14(2)20(28-19(30)12-15(3)23(25,26)27)21(31)29-11-10-18(22(4,5)13-29)16-6-8-17(24)9-7-16;;/h6-9,14-15,18,20H,10-13H2,1-5H3,(H,28,30);1H4;1H2/t15?,18-,20-;;/m1../s1. The topological polar surface area (TPSA) is 80.9 Å². The van der Waals surface area contributed by atoms with Crippen LogP contribution in [0.3, 0.4) is 0 Å². The lowest BCUT2D eigenvalue weighted by Gasteiger charge is -2.45. The third kappa shape index (κ3) is 8.18. The van der Waals surface area contributed by atoms with Crippen LogP contribution in [0, 0.1) is 17.3 Å². The average Bonchev–Trinajstić information content (AvgIpc) is 2.64. The van der Waals surface area contributed by atoms with E-state index in [2.05, 4.69) is 19.2 Å². The number of carbonyl (C=O) groups excluding carboxylic acids is 2. The van der Waals surface area contributed by atoms with E-state index < -0.39 is 30.5 Å². The fraction of sp³-hybridized carbons (Fsp3) is 0.667. The number of rotatable bonds is 6.